The lowest BCUT2D eigenvalue weighted by molar-refractivity contribution is -0.141. The average Bonchev–Trinajstić information content (AvgIpc) is 2.90. The van der Waals surface area contributed by atoms with E-state index < -0.39 is 24.1 Å². The number of rotatable bonds is 4. The van der Waals surface area contributed by atoms with Crippen molar-refractivity contribution >= 4 is 12.1 Å². The van der Waals surface area contributed by atoms with Gasteiger partial charge in [-0.15, -0.1) is 0 Å². The second kappa shape index (κ2) is 6.62. The highest BCUT2D eigenvalue weighted by atomic mass is 16.6. The molecule has 2 atom stereocenters. The molecule has 1 aromatic rings. The van der Waals surface area contributed by atoms with Crippen molar-refractivity contribution in [3.05, 3.63) is 46.3 Å². The average molecular weight is 290 g/mol. The van der Waals surface area contributed by atoms with Gasteiger partial charge in [-0.25, -0.2) is 9.59 Å². The van der Waals surface area contributed by atoms with E-state index in [9.17, 15) is 9.59 Å². The van der Waals surface area contributed by atoms with Crippen LogP contribution >= 0.6 is 0 Å². The molecule has 21 heavy (non-hydrogen) atoms. The lowest BCUT2D eigenvalue weighted by Crippen LogP contribution is -2.40. The predicted octanol–water partition coefficient (Wildman–Crippen LogP) is 2.16. The smallest absolute Gasteiger partial charge is 0.410 e. The molecule has 110 valence electrons. The van der Waals surface area contributed by atoms with Gasteiger partial charge in [0.05, 0.1) is 6.04 Å². The number of hydrogen-bond donors (Lipinski definition) is 1. The SMILES string of the molecule is [N-]=[N+]=N[C@@H]1C[C@H](C(=O)O)N(C(=O)OCc2ccccc2)C1. The highest BCUT2D eigenvalue weighted by molar-refractivity contribution is 5.81. The Morgan fingerprint density at radius 1 is 1.43 bits per heavy atom. The Kier molecular flexibility index (Phi) is 4.63. The maximum absolute atomic E-state index is 12.0. The Labute approximate surface area is 120 Å². The van der Waals surface area contributed by atoms with Crippen molar-refractivity contribution in [1.29, 1.82) is 0 Å². The molecule has 2 rings (SSSR count). The van der Waals surface area contributed by atoms with E-state index in [2.05, 4.69) is 10.0 Å². The number of aliphatic carboxylic acids is 1. The van der Waals surface area contributed by atoms with Crippen LogP contribution in [0.4, 0.5) is 4.79 Å². The monoisotopic (exact) mass is 290 g/mol. The van der Waals surface area contributed by atoms with Crippen molar-refractivity contribution in [3.63, 3.8) is 0 Å². The fraction of sp³-hybridized carbons (Fsp3) is 0.385. The van der Waals surface area contributed by atoms with Crippen molar-refractivity contribution < 1.29 is 19.4 Å². The Bertz CT molecular complexity index is 571. The van der Waals surface area contributed by atoms with Gasteiger partial charge in [-0.2, -0.15) is 0 Å². The summed E-state index contributed by atoms with van der Waals surface area (Å²) < 4.78 is 5.11. The molecule has 0 radical (unpaired) electrons. The molecule has 1 N–H and O–H groups in total. The van der Waals surface area contributed by atoms with Crippen LogP contribution in [0.15, 0.2) is 35.4 Å². The zero-order valence-corrected chi connectivity index (χ0v) is 11.1. The highest BCUT2D eigenvalue weighted by Gasteiger charge is 2.40. The maximum Gasteiger partial charge on any atom is 0.410 e. The minimum absolute atomic E-state index is 0.0502. The van der Waals surface area contributed by atoms with Crippen LogP contribution < -0.4 is 0 Å². The van der Waals surface area contributed by atoms with Crippen LogP contribution in [-0.2, 0) is 16.1 Å². The zero-order chi connectivity index (χ0) is 15.2. The Morgan fingerprint density at radius 3 is 2.76 bits per heavy atom. The number of hydrogen-bond acceptors (Lipinski definition) is 4. The standard InChI is InChI=1S/C13H14N4O4/c14-16-15-10-6-11(12(18)19)17(7-10)13(20)21-8-9-4-2-1-3-5-9/h1-5,10-11H,6-8H2,(H,18,19)/t10-,11-/m1/s1. The molecule has 0 aromatic heterocycles. The number of likely N-dealkylation sites (tertiary alicyclic amines) is 1. The van der Waals surface area contributed by atoms with Gasteiger partial charge >= 0.3 is 12.1 Å². The Morgan fingerprint density at radius 2 is 2.14 bits per heavy atom. The largest absolute Gasteiger partial charge is 0.480 e. The first kappa shape index (κ1) is 14.7. The van der Waals surface area contributed by atoms with Gasteiger partial charge < -0.3 is 9.84 Å². The maximum atomic E-state index is 12.0. The number of nitrogens with zero attached hydrogens (tertiary/aromatic N) is 4. The van der Waals surface area contributed by atoms with Crippen LogP contribution in [0.2, 0.25) is 0 Å². The molecule has 0 aliphatic carbocycles. The fourth-order valence-electron chi connectivity index (χ4n) is 2.21. The van der Waals surface area contributed by atoms with Crippen molar-refractivity contribution in [1.82, 2.24) is 4.90 Å². The Hall–Kier alpha value is -2.73. The summed E-state index contributed by atoms with van der Waals surface area (Å²) in [5.74, 6) is -1.14. The van der Waals surface area contributed by atoms with Crippen molar-refractivity contribution in [3.8, 4) is 0 Å². The molecule has 1 heterocycles. The molecular weight excluding hydrogens is 276 g/mol. The van der Waals surface area contributed by atoms with Crippen LogP contribution in [-0.4, -0.2) is 40.7 Å². The second-order valence-electron chi connectivity index (χ2n) is 4.64. The molecular formula is C13H14N4O4. The van der Waals surface area contributed by atoms with E-state index in [0.717, 1.165) is 10.5 Å². The first-order chi connectivity index (χ1) is 10.1. The van der Waals surface area contributed by atoms with Crippen LogP contribution in [0.5, 0.6) is 0 Å². The molecule has 1 aliphatic rings. The van der Waals surface area contributed by atoms with Gasteiger partial charge in [0.15, 0.2) is 0 Å². The first-order valence-electron chi connectivity index (χ1n) is 6.36. The molecule has 8 nitrogen and oxygen atoms in total. The number of benzene rings is 1. The zero-order valence-electron chi connectivity index (χ0n) is 11.1. The Balaban J connectivity index is 1.99. The van der Waals surface area contributed by atoms with E-state index in [4.69, 9.17) is 15.4 Å². The van der Waals surface area contributed by atoms with Crippen LogP contribution in [0, 0.1) is 0 Å². The molecule has 1 fully saturated rings. The van der Waals surface area contributed by atoms with Crippen LogP contribution in [0.1, 0.15) is 12.0 Å². The fourth-order valence-corrected chi connectivity index (χ4v) is 2.21. The molecule has 1 aliphatic heterocycles. The molecule has 1 aromatic carbocycles. The third-order valence-electron chi connectivity index (χ3n) is 3.22. The lowest BCUT2D eigenvalue weighted by atomic mass is 10.2. The number of carbonyl (C=O) groups excluding carboxylic acids is 1. The molecule has 0 saturated carbocycles. The van der Waals surface area contributed by atoms with E-state index in [1.54, 1.807) is 12.1 Å². The van der Waals surface area contributed by atoms with E-state index in [-0.39, 0.29) is 19.6 Å². The lowest BCUT2D eigenvalue weighted by Gasteiger charge is -2.20. The summed E-state index contributed by atoms with van der Waals surface area (Å²) in [5.41, 5.74) is 9.21. The van der Waals surface area contributed by atoms with E-state index in [1.807, 2.05) is 18.2 Å². The molecule has 0 bridgehead atoms. The molecule has 0 unspecified atom stereocenters. The normalized spacial score (nSPS) is 20.7. The summed E-state index contributed by atoms with van der Waals surface area (Å²) in [7, 11) is 0. The van der Waals surface area contributed by atoms with Gasteiger partial charge in [-0.3, -0.25) is 4.90 Å². The summed E-state index contributed by atoms with van der Waals surface area (Å²) in [6.07, 6.45) is -0.623. The minimum atomic E-state index is -1.14. The number of carboxylic acids is 1. The van der Waals surface area contributed by atoms with E-state index >= 15 is 0 Å². The number of amides is 1. The second-order valence-corrected chi connectivity index (χ2v) is 4.64. The molecule has 1 amide bonds. The first-order valence-corrected chi connectivity index (χ1v) is 6.36. The van der Waals surface area contributed by atoms with E-state index in [1.165, 1.54) is 0 Å². The molecule has 8 heteroatoms. The minimum Gasteiger partial charge on any atom is -0.480 e. The molecule has 0 spiro atoms. The number of azide groups is 1. The van der Waals surface area contributed by atoms with Gasteiger partial charge in [-0.1, -0.05) is 35.4 Å². The predicted molar refractivity (Wildman–Crippen MR) is 72.3 cm³/mol. The molecule has 1 saturated heterocycles. The van der Waals surface area contributed by atoms with Gasteiger partial charge in [0.1, 0.15) is 12.6 Å². The van der Waals surface area contributed by atoms with Gasteiger partial charge in [0, 0.05) is 11.5 Å². The number of ether oxygens (including phenoxy) is 1. The summed E-state index contributed by atoms with van der Waals surface area (Å²) in [4.78, 5) is 26.9. The summed E-state index contributed by atoms with van der Waals surface area (Å²) in [5, 5.41) is 12.6. The van der Waals surface area contributed by atoms with Crippen LogP contribution in [0.3, 0.4) is 0 Å². The topological polar surface area (TPSA) is 116 Å². The number of carbonyl (C=O) groups is 2. The van der Waals surface area contributed by atoms with Crippen molar-refractivity contribution in [2.75, 3.05) is 6.54 Å². The number of carboxylic acid groups (broad SMARTS) is 1. The van der Waals surface area contributed by atoms with Crippen molar-refractivity contribution in [2.45, 2.75) is 25.1 Å². The van der Waals surface area contributed by atoms with Gasteiger partial charge in [0.25, 0.3) is 0 Å². The highest BCUT2D eigenvalue weighted by Crippen LogP contribution is 2.22. The summed E-state index contributed by atoms with van der Waals surface area (Å²) in [6.45, 7) is 0.114. The third kappa shape index (κ3) is 3.64. The third-order valence-corrected chi connectivity index (χ3v) is 3.22. The van der Waals surface area contributed by atoms with Crippen molar-refractivity contribution in [2.24, 2.45) is 5.11 Å². The van der Waals surface area contributed by atoms with Gasteiger partial charge in [-0.05, 0) is 17.5 Å². The van der Waals surface area contributed by atoms with Crippen LogP contribution in [0.25, 0.3) is 10.4 Å². The van der Waals surface area contributed by atoms with E-state index in [0.29, 0.717) is 0 Å². The summed E-state index contributed by atoms with van der Waals surface area (Å²) >= 11 is 0. The summed E-state index contributed by atoms with van der Waals surface area (Å²) in [6, 6.07) is 7.51. The quantitative estimate of drug-likeness (QED) is 0.519. The van der Waals surface area contributed by atoms with Gasteiger partial charge in [0.2, 0.25) is 0 Å².